The van der Waals surface area contributed by atoms with Crippen molar-refractivity contribution in [3.63, 3.8) is 0 Å². The van der Waals surface area contributed by atoms with E-state index in [9.17, 15) is 4.21 Å². The number of nitrogens with one attached hydrogen (secondary N) is 2. The first-order chi connectivity index (χ1) is 9.02. The average Bonchev–Trinajstić information content (AvgIpc) is 2.34. The third-order valence-corrected chi connectivity index (χ3v) is 3.11. The van der Waals surface area contributed by atoms with E-state index in [1.807, 2.05) is 25.9 Å². The number of anilines is 3. The van der Waals surface area contributed by atoms with E-state index in [1.165, 1.54) is 0 Å². The normalized spacial score (nSPS) is 12.0. The second-order valence-electron chi connectivity index (χ2n) is 4.27. The summed E-state index contributed by atoms with van der Waals surface area (Å²) < 4.78 is 11.0. The molecule has 0 aromatic carbocycles. The minimum Gasteiger partial charge on any atom is -0.354 e. The molecule has 7 nitrogen and oxygen atoms in total. The maximum Gasteiger partial charge on any atom is 0.231 e. The molecule has 0 aliphatic rings. The van der Waals surface area contributed by atoms with Crippen molar-refractivity contribution in [1.29, 1.82) is 0 Å². The predicted molar refractivity (Wildman–Crippen MR) is 80.4 cm³/mol. The summed E-state index contributed by atoms with van der Waals surface area (Å²) in [5.41, 5.74) is 0. The summed E-state index contributed by atoms with van der Waals surface area (Å²) in [4.78, 5) is 14.7. The van der Waals surface area contributed by atoms with Crippen molar-refractivity contribution in [2.45, 2.75) is 13.3 Å². The van der Waals surface area contributed by atoms with Crippen LogP contribution in [0.5, 0.6) is 0 Å². The molecular weight excluding hydrogens is 264 g/mol. The fourth-order valence-corrected chi connectivity index (χ4v) is 1.91. The van der Waals surface area contributed by atoms with Crippen LogP contribution in [-0.4, -0.2) is 58.4 Å². The molecular formula is C11H22N6OS. The molecule has 1 aromatic heterocycles. The Balaban J connectivity index is 2.67. The molecule has 0 aliphatic heterocycles. The molecule has 2 N–H and O–H groups in total. The van der Waals surface area contributed by atoms with Gasteiger partial charge in [-0.1, -0.05) is 0 Å². The largest absolute Gasteiger partial charge is 0.354 e. The van der Waals surface area contributed by atoms with Gasteiger partial charge in [0.2, 0.25) is 17.8 Å². The number of nitrogens with zero attached hydrogens (tertiary/aromatic N) is 4. The molecule has 0 saturated carbocycles. The molecule has 1 unspecified atom stereocenters. The quantitative estimate of drug-likeness (QED) is 0.675. The van der Waals surface area contributed by atoms with Crippen LogP contribution < -0.4 is 15.5 Å². The number of rotatable bonds is 8. The zero-order valence-electron chi connectivity index (χ0n) is 11.9. The molecule has 0 fully saturated rings. The zero-order valence-corrected chi connectivity index (χ0v) is 12.8. The fraction of sp³-hybridized carbons (Fsp3) is 0.727. The standard InChI is InChI=1S/C11H22N6OS/c1-5-12-9-14-10(13-7-6-8-19(4)18)16-11(15-9)17(2)3/h5-8H2,1-4H3,(H2,12,13,14,15,16). The Hall–Kier alpha value is -1.44. The zero-order chi connectivity index (χ0) is 14.3. The fourth-order valence-electron chi connectivity index (χ4n) is 1.36. The van der Waals surface area contributed by atoms with Gasteiger partial charge in [-0.2, -0.15) is 15.0 Å². The minimum atomic E-state index is -0.756. The molecule has 8 heteroatoms. The Bertz CT molecular complexity index is 426. The first-order valence-corrected chi connectivity index (χ1v) is 7.96. The highest BCUT2D eigenvalue weighted by Gasteiger charge is 2.07. The summed E-state index contributed by atoms with van der Waals surface area (Å²) in [5.74, 6) is 2.38. The van der Waals surface area contributed by atoms with Crippen molar-refractivity contribution in [2.75, 3.05) is 54.7 Å². The Labute approximate surface area is 116 Å². The highest BCUT2D eigenvalue weighted by atomic mass is 32.2. The van der Waals surface area contributed by atoms with E-state index in [4.69, 9.17) is 0 Å². The van der Waals surface area contributed by atoms with Crippen molar-refractivity contribution in [1.82, 2.24) is 15.0 Å². The predicted octanol–water partition coefficient (Wildman–Crippen LogP) is 0.550. The first kappa shape index (κ1) is 15.6. The van der Waals surface area contributed by atoms with Crippen molar-refractivity contribution in [2.24, 2.45) is 0 Å². The van der Waals surface area contributed by atoms with Gasteiger partial charge in [-0.3, -0.25) is 4.21 Å². The molecule has 0 spiro atoms. The third-order valence-electron chi connectivity index (χ3n) is 2.25. The van der Waals surface area contributed by atoms with E-state index < -0.39 is 10.8 Å². The van der Waals surface area contributed by atoms with Crippen molar-refractivity contribution in [3.05, 3.63) is 0 Å². The van der Waals surface area contributed by atoms with Crippen LogP contribution in [0.15, 0.2) is 0 Å². The molecule has 19 heavy (non-hydrogen) atoms. The Morgan fingerprint density at radius 1 is 1.16 bits per heavy atom. The lowest BCUT2D eigenvalue weighted by atomic mass is 10.5. The summed E-state index contributed by atoms with van der Waals surface area (Å²) in [5, 5.41) is 6.21. The van der Waals surface area contributed by atoms with Crippen LogP contribution in [0, 0.1) is 0 Å². The summed E-state index contributed by atoms with van der Waals surface area (Å²) in [7, 11) is 3.01. The van der Waals surface area contributed by atoms with Gasteiger partial charge >= 0.3 is 0 Å². The molecule has 0 aliphatic carbocycles. The average molecular weight is 286 g/mol. The van der Waals surface area contributed by atoms with Crippen LogP contribution in [0.1, 0.15) is 13.3 Å². The van der Waals surface area contributed by atoms with Crippen LogP contribution >= 0.6 is 0 Å². The molecule has 0 bridgehead atoms. The first-order valence-electron chi connectivity index (χ1n) is 6.24. The molecule has 0 saturated heterocycles. The molecule has 1 aromatic rings. The van der Waals surface area contributed by atoms with E-state index in [0.717, 1.165) is 13.0 Å². The van der Waals surface area contributed by atoms with Crippen molar-refractivity contribution < 1.29 is 4.21 Å². The van der Waals surface area contributed by atoms with Crippen molar-refractivity contribution in [3.8, 4) is 0 Å². The van der Waals surface area contributed by atoms with E-state index in [2.05, 4.69) is 25.6 Å². The van der Waals surface area contributed by atoms with Gasteiger partial charge < -0.3 is 15.5 Å². The number of hydrogen-bond acceptors (Lipinski definition) is 7. The van der Waals surface area contributed by atoms with Crippen LogP contribution in [0.4, 0.5) is 17.8 Å². The molecule has 1 rings (SSSR count). The summed E-state index contributed by atoms with van der Waals surface area (Å²) in [6.07, 6.45) is 2.53. The van der Waals surface area contributed by atoms with Gasteiger partial charge in [0.05, 0.1) is 0 Å². The lowest BCUT2D eigenvalue weighted by Crippen LogP contribution is -2.17. The second kappa shape index (κ2) is 7.88. The molecule has 1 atom stereocenters. The summed E-state index contributed by atoms with van der Waals surface area (Å²) in [6.45, 7) is 3.44. The Kier molecular flexibility index (Phi) is 6.48. The second-order valence-corrected chi connectivity index (χ2v) is 5.82. The van der Waals surface area contributed by atoms with Crippen molar-refractivity contribution >= 4 is 28.6 Å². The smallest absolute Gasteiger partial charge is 0.231 e. The number of aromatic nitrogens is 3. The maximum atomic E-state index is 11.0. The lowest BCUT2D eigenvalue weighted by molar-refractivity contribution is 0.685. The van der Waals surface area contributed by atoms with Gasteiger partial charge in [0, 0.05) is 50.0 Å². The highest BCUT2D eigenvalue weighted by Crippen LogP contribution is 2.11. The molecule has 0 radical (unpaired) electrons. The van der Waals surface area contributed by atoms with Gasteiger partial charge in [0.25, 0.3) is 0 Å². The summed E-state index contributed by atoms with van der Waals surface area (Å²) in [6, 6.07) is 0. The third kappa shape index (κ3) is 5.82. The van der Waals surface area contributed by atoms with Crippen LogP contribution in [0.3, 0.4) is 0 Å². The Morgan fingerprint density at radius 3 is 2.32 bits per heavy atom. The molecule has 108 valence electrons. The van der Waals surface area contributed by atoms with Gasteiger partial charge in [0.1, 0.15) is 0 Å². The molecule has 1 heterocycles. The van der Waals surface area contributed by atoms with E-state index in [-0.39, 0.29) is 0 Å². The highest BCUT2D eigenvalue weighted by molar-refractivity contribution is 7.84. The number of hydrogen-bond donors (Lipinski definition) is 2. The van der Waals surface area contributed by atoms with Crippen LogP contribution in [-0.2, 0) is 10.8 Å². The Morgan fingerprint density at radius 2 is 1.79 bits per heavy atom. The minimum absolute atomic E-state index is 0.538. The van der Waals surface area contributed by atoms with Crippen LogP contribution in [0.25, 0.3) is 0 Å². The van der Waals surface area contributed by atoms with E-state index in [0.29, 0.717) is 30.1 Å². The monoisotopic (exact) mass is 286 g/mol. The van der Waals surface area contributed by atoms with Crippen LogP contribution in [0.2, 0.25) is 0 Å². The van der Waals surface area contributed by atoms with Gasteiger partial charge in [-0.15, -0.1) is 0 Å². The van der Waals surface area contributed by atoms with Gasteiger partial charge in [0.15, 0.2) is 0 Å². The maximum absolute atomic E-state index is 11.0. The summed E-state index contributed by atoms with van der Waals surface area (Å²) >= 11 is 0. The topological polar surface area (TPSA) is 83.0 Å². The van der Waals surface area contributed by atoms with Gasteiger partial charge in [-0.05, 0) is 13.3 Å². The van der Waals surface area contributed by atoms with Gasteiger partial charge in [-0.25, -0.2) is 0 Å². The SMILES string of the molecule is CCNc1nc(NCCCS(C)=O)nc(N(C)C)n1. The van der Waals surface area contributed by atoms with E-state index >= 15 is 0 Å². The van der Waals surface area contributed by atoms with E-state index in [1.54, 1.807) is 6.26 Å². The molecule has 0 amide bonds. The lowest BCUT2D eigenvalue weighted by Gasteiger charge is -2.13.